The number of aliphatic carboxylic acids is 1. The second kappa shape index (κ2) is 14.1. The maximum atomic E-state index is 14.0. The number of aromatic nitrogens is 2. The van der Waals surface area contributed by atoms with Crippen LogP contribution in [0.25, 0.3) is 0 Å². The lowest BCUT2D eigenvalue weighted by atomic mass is 10.0. The molecule has 1 atom stereocenters. The van der Waals surface area contributed by atoms with Gasteiger partial charge in [-0.05, 0) is 60.9 Å². The number of carbonyl (C=O) groups excluding carboxylic acids is 1. The van der Waals surface area contributed by atoms with Crippen LogP contribution in [0.3, 0.4) is 0 Å². The number of amides is 1. The molecule has 216 valence electrons. The highest BCUT2D eigenvalue weighted by Crippen LogP contribution is 2.35. The van der Waals surface area contributed by atoms with Crippen molar-refractivity contribution >= 4 is 29.4 Å². The van der Waals surface area contributed by atoms with Crippen LogP contribution in [0.2, 0.25) is 5.02 Å². The van der Waals surface area contributed by atoms with Crippen molar-refractivity contribution in [3.63, 3.8) is 0 Å². The van der Waals surface area contributed by atoms with Crippen LogP contribution < -0.4 is 4.90 Å². The molecule has 5 rings (SSSR count). The topological polar surface area (TPSA) is 86.6 Å². The average Bonchev–Trinajstić information content (AvgIpc) is 3.51. The lowest BCUT2D eigenvalue weighted by Crippen LogP contribution is -2.36. The zero-order chi connectivity index (χ0) is 29.3. The van der Waals surface area contributed by atoms with Gasteiger partial charge in [0.25, 0.3) is 5.91 Å². The van der Waals surface area contributed by atoms with Crippen LogP contribution >= 0.6 is 11.6 Å². The summed E-state index contributed by atoms with van der Waals surface area (Å²) in [4.78, 5) is 39.0. The molecule has 8 heteroatoms. The zero-order valence-electron chi connectivity index (χ0n) is 23.5. The van der Waals surface area contributed by atoms with E-state index in [0.29, 0.717) is 41.6 Å². The first-order valence-corrected chi connectivity index (χ1v) is 14.8. The van der Waals surface area contributed by atoms with E-state index in [4.69, 9.17) is 21.6 Å². The third-order valence-electron chi connectivity index (χ3n) is 7.74. The van der Waals surface area contributed by atoms with Crippen molar-refractivity contribution in [2.75, 3.05) is 24.5 Å². The highest BCUT2D eigenvalue weighted by Gasteiger charge is 2.30. The largest absolute Gasteiger partial charge is 0.481 e. The number of hydrogen-bond donors (Lipinski definition) is 1. The number of carboxylic acids is 1. The predicted octanol–water partition coefficient (Wildman–Crippen LogP) is 6.42. The first-order chi connectivity index (χ1) is 20.5. The van der Waals surface area contributed by atoms with Crippen molar-refractivity contribution in [3.8, 4) is 0 Å². The Kier molecular flexibility index (Phi) is 9.82. The van der Waals surface area contributed by atoms with E-state index in [1.807, 2.05) is 72.8 Å². The molecule has 3 aromatic carbocycles. The molecule has 2 heterocycles. The second-order valence-electron chi connectivity index (χ2n) is 10.6. The molecule has 1 aliphatic rings. The molecule has 0 saturated carbocycles. The van der Waals surface area contributed by atoms with Gasteiger partial charge in [0.05, 0.1) is 23.7 Å². The molecule has 7 nitrogen and oxygen atoms in total. The summed E-state index contributed by atoms with van der Waals surface area (Å²) < 4.78 is 0. The van der Waals surface area contributed by atoms with Crippen LogP contribution in [-0.4, -0.2) is 51.5 Å². The monoisotopic (exact) mass is 582 g/mol. The molecule has 1 amide bonds. The summed E-state index contributed by atoms with van der Waals surface area (Å²) in [6.07, 6.45) is 5.41. The Morgan fingerprint density at radius 2 is 1.55 bits per heavy atom. The second-order valence-corrected chi connectivity index (χ2v) is 11.0. The van der Waals surface area contributed by atoms with E-state index >= 15 is 0 Å². The maximum absolute atomic E-state index is 14.0. The van der Waals surface area contributed by atoms with Crippen LogP contribution in [-0.2, 0) is 24.1 Å². The fourth-order valence-corrected chi connectivity index (χ4v) is 5.61. The molecule has 0 spiro atoms. The van der Waals surface area contributed by atoms with Crippen molar-refractivity contribution in [3.05, 3.63) is 124 Å². The Morgan fingerprint density at radius 3 is 2.21 bits per heavy atom. The minimum Gasteiger partial charge on any atom is -0.481 e. The highest BCUT2D eigenvalue weighted by molar-refractivity contribution is 6.30. The quantitative estimate of drug-likeness (QED) is 0.207. The number of rotatable bonds is 12. The summed E-state index contributed by atoms with van der Waals surface area (Å²) in [7, 11) is 0. The van der Waals surface area contributed by atoms with E-state index in [-0.39, 0.29) is 24.9 Å². The van der Waals surface area contributed by atoms with Gasteiger partial charge in [-0.25, -0.2) is 9.97 Å². The minimum absolute atomic E-state index is 0.117. The van der Waals surface area contributed by atoms with Crippen molar-refractivity contribution in [1.29, 1.82) is 0 Å². The van der Waals surface area contributed by atoms with Gasteiger partial charge in [-0.1, -0.05) is 84.4 Å². The third-order valence-corrected chi connectivity index (χ3v) is 7.99. The first kappa shape index (κ1) is 29.3. The Bertz CT molecular complexity index is 1480. The van der Waals surface area contributed by atoms with Crippen LogP contribution in [0, 0.1) is 0 Å². The minimum atomic E-state index is -0.939. The SMILES string of the molecule is O=C(O)CCN(CCc1ccccc1)C(=O)c1cnc(N2CCC[C@H]2c2ccc(Cl)cc2)nc1CCc1ccccc1. The zero-order valence-corrected chi connectivity index (χ0v) is 24.3. The molecule has 42 heavy (non-hydrogen) atoms. The number of anilines is 1. The summed E-state index contributed by atoms with van der Waals surface area (Å²) in [6.45, 7) is 1.34. The number of hydrogen-bond acceptors (Lipinski definition) is 5. The summed E-state index contributed by atoms with van der Waals surface area (Å²) in [5, 5.41) is 10.1. The Morgan fingerprint density at radius 1 is 0.881 bits per heavy atom. The van der Waals surface area contributed by atoms with Gasteiger partial charge >= 0.3 is 5.97 Å². The van der Waals surface area contributed by atoms with Gasteiger partial charge < -0.3 is 14.9 Å². The van der Waals surface area contributed by atoms with Gasteiger partial charge in [-0.3, -0.25) is 9.59 Å². The lowest BCUT2D eigenvalue weighted by molar-refractivity contribution is -0.137. The molecule has 1 saturated heterocycles. The molecule has 1 aromatic heterocycles. The smallest absolute Gasteiger partial charge is 0.305 e. The summed E-state index contributed by atoms with van der Waals surface area (Å²) >= 11 is 6.14. The highest BCUT2D eigenvalue weighted by atomic mass is 35.5. The number of benzene rings is 3. The third kappa shape index (κ3) is 7.53. The number of nitrogens with zero attached hydrogens (tertiary/aromatic N) is 4. The Labute approximate surface area is 251 Å². The van der Waals surface area contributed by atoms with E-state index in [0.717, 1.165) is 42.5 Å². The van der Waals surface area contributed by atoms with Crippen molar-refractivity contribution in [1.82, 2.24) is 14.9 Å². The average molecular weight is 583 g/mol. The molecular weight excluding hydrogens is 548 g/mol. The molecule has 1 N–H and O–H groups in total. The van der Waals surface area contributed by atoms with Gasteiger partial charge in [0.2, 0.25) is 5.95 Å². The standard InChI is InChI=1S/C34H35ClN4O3/c35-28-16-14-27(15-17-28)31-12-7-21-39(31)34-36-24-29(30(37-34)18-13-25-8-3-1-4-9-25)33(42)38(23-20-32(40)41)22-19-26-10-5-2-6-11-26/h1-6,8-11,14-17,24,31H,7,12-13,18-23H2,(H,40,41)/t31-/m0/s1. The van der Waals surface area contributed by atoms with Gasteiger partial charge in [-0.15, -0.1) is 0 Å². The molecule has 1 aliphatic heterocycles. The van der Waals surface area contributed by atoms with Gasteiger partial charge in [0.1, 0.15) is 0 Å². The van der Waals surface area contributed by atoms with E-state index in [9.17, 15) is 14.7 Å². The van der Waals surface area contributed by atoms with Crippen LogP contribution in [0.15, 0.2) is 91.1 Å². The predicted molar refractivity (Wildman–Crippen MR) is 165 cm³/mol. The van der Waals surface area contributed by atoms with E-state index in [1.54, 1.807) is 11.1 Å². The van der Waals surface area contributed by atoms with E-state index in [1.165, 1.54) is 0 Å². The van der Waals surface area contributed by atoms with Gasteiger partial charge in [0, 0.05) is 30.9 Å². The number of carboxylic acid groups (broad SMARTS) is 1. The molecular formula is C34H35ClN4O3. The molecule has 0 radical (unpaired) electrons. The summed E-state index contributed by atoms with van der Waals surface area (Å²) in [5.41, 5.74) is 4.50. The van der Waals surface area contributed by atoms with Crippen LogP contribution in [0.1, 0.15) is 58.0 Å². The van der Waals surface area contributed by atoms with Gasteiger partial charge in [0.15, 0.2) is 0 Å². The Balaban J connectivity index is 1.44. The molecule has 4 aromatic rings. The van der Waals surface area contributed by atoms with Crippen LogP contribution in [0.5, 0.6) is 0 Å². The number of aryl methyl sites for hydroxylation is 2. The van der Waals surface area contributed by atoms with Crippen molar-refractivity contribution < 1.29 is 14.7 Å². The molecule has 0 aliphatic carbocycles. The maximum Gasteiger partial charge on any atom is 0.305 e. The fraction of sp³-hybridized carbons (Fsp3) is 0.294. The Hall–Kier alpha value is -4.23. The fourth-order valence-electron chi connectivity index (χ4n) is 5.48. The van der Waals surface area contributed by atoms with Crippen LogP contribution in [0.4, 0.5) is 5.95 Å². The number of halogens is 1. The summed E-state index contributed by atoms with van der Waals surface area (Å²) in [6, 6.07) is 28.1. The molecule has 0 bridgehead atoms. The lowest BCUT2D eigenvalue weighted by Gasteiger charge is -2.27. The van der Waals surface area contributed by atoms with Crippen molar-refractivity contribution in [2.24, 2.45) is 0 Å². The van der Waals surface area contributed by atoms with Gasteiger partial charge in [-0.2, -0.15) is 0 Å². The first-order valence-electron chi connectivity index (χ1n) is 14.4. The number of carbonyl (C=O) groups is 2. The van der Waals surface area contributed by atoms with E-state index in [2.05, 4.69) is 17.0 Å². The molecule has 0 unspecified atom stereocenters. The van der Waals surface area contributed by atoms with Crippen molar-refractivity contribution in [2.45, 2.75) is 44.6 Å². The van der Waals surface area contributed by atoms with E-state index < -0.39 is 5.97 Å². The summed E-state index contributed by atoms with van der Waals surface area (Å²) in [5.74, 6) is -0.573. The normalized spacial score (nSPS) is 14.6. The molecule has 1 fully saturated rings.